The van der Waals surface area contributed by atoms with Gasteiger partial charge in [0.15, 0.2) is 0 Å². The molecule has 0 aliphatic carbocycles. The number of nitrogens with zero attached hydrogens (tertiary/aromatic N) is 1. The van der Waals surface area contributed by atoms with Gasteiger partial charge in [-0.25, -0.2) is 17.5 Å². The van der Waals surface area contributed by atoms with E-state index in [9.17, 15) is 18.0 Å². The van der Waals surface area contributed by atoms with Crippen LogP contribution in [0.15, 0.2) is 14.7 Å². The quantitative estimate of drug-likeness (QED) is 0.701. The summed E-state index contributed by atoms with van der Waals surface area (Å²) in [7, 11) is -1.17. The minimum absolute atomic E-state index is 0.0663. The molecule has 7 nitrogen and oxygen atoms in total. The lowest BCUT2D eigenvalue weighted by atomic mass is 10.3. The number of rotatable bonds is 7. The smallest absolute Gasteiger partial charge is 0.345 e. The lowest BCUT2D eigenvalue weighted by molar-refractivity contribution is -0.140. The van der Waals surface area contributed by atoms with Crippen molar-refractivity contribution >= 4 is 49.2 Å². The standard InChI is InChI=1S/C11H14BrNO6S2/c1-13(5-3-4-9(14)19-2)21(17,18)8-6-7(11(15)16)20-10(8)12/h6H,3-5H2,1-2H3,(H,15,16). The highest BCUT2D eigenvalue weighted by Gasteiger charge is 2.27. The number of carbonyl (C=O) groups is 2. The molecule has 0 aliphatic rings. The summed E-state index contributed by atoms with van der Waals surface area (Å²) in [6, 6.07) is 1.11. The number of esters is 1. The van der Waals surface area contributed by atoms with Gasteiger partial charge in [0.1, 0.15) is 9.77 Å². The molecular formula is C11H14BrNO6S2. The second-order valence-electron chi connectivity index (χ2n) is 4.06. The zero-order valence-corrected chi connectivity index (χ0v) is 14.5. The molecule has 10 heteroatoms. The molecule has 1 heterocycles. The normalized spacial score (nSPS) is 11.6. The number of sulfonamides is 1. The average Bonchev–Trinajstić information content (AvgIpc) is 2.81. The lowest BCUT2D eigenvalue weighted by Crippen LogP contribution is -2.28. The van der Waals surface area contributed by atoms with E-state index in [1.165, 1.54) is 14.2 Å². The summed E-state index contributed by atoms with van der Waals surface area (Å²) in [5.41, 5.74) is 0. The van der Waals surface area contributed by atoms with Crippen molar-refractivity contribution in [1.29, 1.82) is 0 Å². The van der Waals surface area contributed by atoms with Crippen LogP contribution in [0, 0.1) is 0 Å². The van der Waals surface area contributed by atoms with Crippen molar-refractivity contribution in [3.8, 4) is 0 Å². The van der Waals surface area contributed by atoms with E-state index >= 15 is 0 Å². The maximum absolute atomic E-state index is 12.3. The van der Waals surface area contributed by atoms with Crippen molar-refractivity contribution < 1.29 is 27.9 Å². The number of carbonyl (C=O) groups excluding carboxylic acids is 1. The van der Waals surface area contributed by atoms with E-state index in [0.717, 1.165) is 21.7 Å². The molecule has 118 valence electrons. The number of ether oxygens (including phenoxy) is 1. The molecule has 0 amide bonds. The molecule has 1 N–H and O–H groups in total. The Morgan fingerprint density at radius 2 is 2.10 bits per heavy atom. The highest BCUT2D eigenvalue weighted by Crippen LogP contribution is 2.33. The summed E-state index contributed by atoms with van der Waals surface area (Å²) in [6.45, 7) is 0.127. The molecule has 0 bridgehead atoms. The van der Waals surface area contributed by atoms with Crippen LogP contribution in [0.5, 0.6) is 0 Å². The number of halogens is 1. The van der Waals surface area contributed by atoms with Crippen molar-refractivity contribution in [3.63, 3.8) is 0 Å². The second-order valence-corrected chi connectivity index (χ2v) is 8.44. The molecule has 0 aliphatic heterocycles. The first kappa shape index (κ1) is 18.1. The number of carboxylic acids is 1. The van der Waals surface area contributed by atoms with Crippen molar-refractivity contribution in [3.05, 3.63) is 14.7 Å². The third kappa shape index (κ3) is 4.50. The van der Waals surface area contributed by atoms with Gasteiger partial charge in [-0.05, 0) is 28.4 Å². The van der Waals surface area contributed by atoms with Gasteiger partial charge in [-0.3, -0.25) is 4.79 Å². The Balaban J connectivity index is 2.85. The molecule has 0 spiro atoms. The summed E-state index contributed by atoms with van der Waals surface area (Å²) in [5, 5.41) is 8.89. The van der Waals surface area contributed by atoms with E-state index in [1.807, 2.05) is 0 Å². The largest absolute Gasteiger partial charge is 0.477 e. The highest BCUT2D eigenvalue weighted by atomic mass is 79.9. The van der Waals surface area contributed by atoms with E-state index in [-0.39, 0.29) is 26.5 Å². The van der Waals surface area contributed by atoms with Crippen LogP contribution in [0.2, 0.25) is 0 Å². The topological polar surface area (TPSA) is 101 Å². The number of aromatic carboxylic acids is 1. The van der Waals surface area contributed by atoms with Gasteiger partial charge < -0.3 is 9.84 Å². The number of carboxylic acid groups (broad SMARTS) is 1. The van der Waals surface area contributed by atoms with Crippen molar-refractivity contribution in [2.45, 2.75) is 17.7 Å². The van der Waals surface area contributed by atoms with E-state index in [0.29, 0.717) is 6.42 Å². The molecule has 0 aromatic carbocycles. The molecule has 0 saturated heterocycles. The van der Waals surface area contributed by atoms with Crippen LogP contribution in [0.3, 0.4) is 0 Å². The zero-order valence-electron chi connectivity index (χ0n) is 11.3. The predicted molar refractivity (Wildman–Crippen MR) is 80.0 cm³/mol. The van der Waals surface area contributed by atoms with Gasteiger partial charge >= 0.3 is 11.9 Å². The molecule has 1 aromatic heterocycles. The highest BCUT2D eigenvalue weighted by molar-refractivity contribution is 9.11. The van der Waals surface area contributed by atoms with Crippen LogP contribution in [0.25, 0.3) is 0 Å². The van der Waals surface area contributed by atoms with E-state index in [4.69, 9.17) is 5.11 Å². The Kier molecular flexibility index (Phi) is 6.32. The maximum atomic E-state index is 12.3. The molecule has 21 heavy (non-hydrogen) atoms. The van der Waals surface area contributed by atoms with Crippen molar-refractivity contribution in [1.82, 2.24) is 4.31 Å². The van der Waals surface area contributed by atoms with Gasteiger partial charge in [0.2, 0.25) is 10.0 Å². The fourth-order valence-corrected chi connectivity index (χ4v) is 5.03. The molecule has 0 fully saturated rings. The van der Waals surface area contributed by atoms with Gasteiger partial charge in [0.25, 0.3) is 0 Å². The van der Waals surface area contributed by atoms with Crippen LogP contribution in [0.4, 0.5) is 0 Å². The predicted octanol–water partition coefficient (Wildman–Crippen LogP) is 1.78. The Morgan fingerprint density at radius 1 is 1.48 bits per heavy atom. The first-order valence-corrected chi connectivity index (χ1v) is 8.81. The monoisotopic (exact) mass is 399 g/mol. The van der Waals surface area contributed by atoms with Gasteiger partial charge in [-0.1, -0.05) is 0 Å². The van der Waals surface area contributed by atoms with Crippen LogP contribution < -0.4 is 0 Å². The molecule has 0 radical (unpaired) electrons. The van der Waals surface area contributed by atoms with Gasteiger partial charge in [-0.2, -0.15) is 0 Å². The van der Waals surface area contributed by atoms with Gasteiger partial charge in [0, 0.05) is 20.0 Å². The van der Waals surface area contributed by atoms with Crippen LogP contribution in [-0.4, -0.2) is 50.5 Å². The number of hydrogen-bond donors (Lipinski definition) is 1. The summed E-state index contributed by atoms with van der Waals surface area (Å²) < 4.78 is 30.4. The lowest BCUT2D eigenvalue weighted by Gasteiger charge is -2.16. The zero-order chi connectivity index (χ0) is 16.2. The fourth-order valence-electron chi connectivity index (χ4n) is 1.47. The summed E-state index contributed by atoms with van der Waals surface area (Å²) in [6.07, 6.45) is 0.428. The van der Waals surface area contributed by atoms with E-state index < -0.39 is 22.0 Å². The van der Waals surface area contributed by atoms with Gasteiger partial charge in [-0.15, -0.1) is 11.3 Å². The molecule has 0 unspecified atom stereocenters. The summed E-state index contributed by atoms with van der Waals surface area (Å²) in [5.74, 6) is -1.60. The third-order valence-electron chi connectivity index (χ3n) is 2.64. The maximum Gasteiger partial charge on any atom is 0.345 e. The summed E-state index contributed by atoms with van der Waals surface area (Å²) in [4.78, 5) is 21.7. The molecule has 1 rings (SSSR count). The minimum atomic E-state index is -3.81. The van der Waals surface area contributed by atoms with E-state index in [1.54, 1.807) is 0 Å². The Morgan fingerprint density at radius 3 is 2.57 bits per heavy atom. The first-order valence-electron chi connectivity index (χ1n) is 5.76. The fraction of sp³-hybridized carbons (Fsp3) is 0.455. The Bertz CT molecular complexity index is 639. The van der Waals surface area contributed by atoms with Crippen LogP contribution in [-0.2, 0) is 19.6 Å². The van der Waals surface area contributed by atoms with Crippen LogP contribution >= 0.6 is 27.3 Å². The SMILES string of the molecule is COC(=O)CCCN(C)S(=O)(=O)c1cc(C(=O)O)sc1Br. The van der Waals surface area contributed by atoms with Gasteiger partial charge in [0.05, 0.1) is 10.9 Å². The number of hydrogen-bond acceptors (Lipinski definition) is 6. The van der Waals surface area contributed by atoms with Crippen molar-refractivity contribution in [2.75, 3.05) is 20.7 Å². The average molecular weight is 400 g/mol. The third-order valence-corrected chi connectivity index (χ3v) is 6.73. The number of thiophene rings is 1. The molecule has 0 atom stereocenters. The Labute approximate surface area is 134 Å². The minimum Gasteiger partial charge on any atom is -0.477 e. The molecular weight excluding hydrogens is 386 g/mol. The van der Waals surface area contributed by atoms with Crippen molar-refractivity contribution in [2.24, 2.45) is 0 Å². The van der Waals surface area contributed by atoms with Crippen LogP contribution in [0.1, 0.15) is 22.5 Å². The Hall–Kier alpha value is -0.970. The first-order chi connectivity index (χ1) is 9.70. The molecule has 0 saturated carbocycles. The number of methoxy groups -OCH3 is 1. The summed E-state index contributed by atoms with van der Waals surface area (Å²) >= 11 is 3.90. The molecule has 1 aromatic rings. The van der Waals surface area contributed by atoms with E-state index in [2.05, 4.69) is 20.7 Å². The second kappa shape index (κ2) is 7.34.